The van der Waals surface area contributed by atoms with Crippen molar-refractivity contribution in [2.24, 2.45) is 0 Å². The van der Waals surface area contributed by atoms with Gasteiger partial charge in [-0.25, -0.2) is 9.67 Å². The van der Waals surface area contributed by atoms with Crippen molar-refractivity contribution in [2.75, 3.05) is 0 Å². The molecule has 0 aliphatic rings. The summed E-state index contributed by atoms with van der Waals surface area (Å²) in [5, 5.41) is 12.0. The molecule has 0 amide bonds. The summed E-state index contributed by atoms with van der Waals surface area (Å²) in [6.45, 7) is 3.31. The summed E-state index contributed by atoms with van der Waals surface area (Å²) in [4.78, 5) is 3.91. The average molecular weight is 288 g/mol. The van der Waals surface area contributed by atoms with Gasteiger partial charge in [-0.3, -0.25) is 4.57 Å². The van der Waals surface area contributed by atoms with Crippen molar-refractivity contribution in [3.8, 4) is 0 Å². The Morgan fingerprint density at radius 3 is 2.74 bits per heavy atom. The first kappa shape index (κ1) is 13.9. The summed E-state index contributed by atoms with van der Waals surface area (Å²) in [7, 11) is 0. The first-order chi connectivity index (χ1) is 8.89. The van der Waals surface area contributed by atoms with Gasteiger partial charge in [-0.05, 0) is 31.2 Å². The van der Waals surface area contributed by atoms with E-state index in [0.717, 1.165) is 4.57 Å². The summed E-state index contributed by atoms with van der Waals surface area (Å²) in [5.41, 5.74) is -0.260. The van der Waals surface area contributed by atoms with Gasteiger partial charge >= 0.3 is 6.55 Å². The molecule has 6 nitrogen and oxygen atoms in total. The van der Waals surface area contributed by atoms with E-state index in [-0.39, 0.29) is 11.3 Å². The van der Waals surface area contributed by atoms with E-state index in [1.165, 1.54) is 24.2 Å². The van der Waals surface area contributed by atoms with Crippen LogP contribution in [0.25, 0.3) is 0 Å². The molecule has 2 aromatic heterocycles. The molecule has 2 heterocycles. The minimum Gasteiger partial charge on any atom is -0.277 e. The van der Waals surface area contributed by atoms with E-state index in [2.05, 4.69) is 20.5 Å². The molecule has 0 radical (unpaired) electrons. The van der Waals surface area contributed by atoms with E-state index in [1.807, 2.05) is 20.8 Å². The molecule has 104 valence electrons. The second-order valence-corrected chi connectivity index (χ2v) is 5.80. The maximum atomic E-state index is 12.7. The molecule has 2 aromatic rings. The number of hydrogen-bond acceptors (Lipinski definition) is 5. The Morgan fingerprint density at radius 2 is 2.11 bits per heavy atom. The van der Waals surface area contributed by atoms with E-state index in [9.17, 15) is 8.78 Å². The van der Waals surface area contributed by atoms with E-state index in [1.54, 1.807) is 4.68 Å². The number of aromatic nitrogens is 6. The number of rotatable bonds is 4. The first-order valence-corrected chi connectivity index (χ1v) is 6.59. The van der Waals surface area contributed by atoms with Gasteiger partial charge in [0.1, 0.15) is 5.82 Å². The molecule has 0 N–H and O–H groups in total. The topological polar surface area (TPSA) is 61.4 Å². The predicted molar refractivity (Wildman–Crippen MR) is 65.9 cm³/mol. The standard InChI is InChI=1S/C10H14F2N6S/c1-10(2,3)18-9(14-15-16-18)19-6-7-13-4-5-17(7)8(11)12/h4-5,8H,6H2,1-3H3. The molecule has 0 aliphatic carbocycles. The molecule has 0 spiro atoms. The molecule has 0 atom stereocenters. The van der Waals surface area contributed by atoms with Gasteiger partial charge in [0, 0.05) is 12.4 Å². The van der Waals surface area contributed by atoms with Gasteiger partial charge in [-0.15, -0.1) is 5.10 Å². The minimum absolute atomic E-state index is 0.260. The van der Waals surface area contributed by atoms with Crippen molar-refractivity contribution in [3.05, 3.63) is 18.2 Å². The summed E-state index contributed by atoms with van der Waals surface area (Å²) in [6.07, 6.45) is 2.61. The highest BCUT2D eigenvalue weighted by Gasteiger charge is 2.21. The SMILES string of the molecule is CC(C)(C)n1nnnc1SCc1nccn1C(F)F. The fourth-order valence-electron chi connectivity index (χ4n) is 1.45. The number of alkyl halides is 2. The van der Waals surface area contributed by atoms with Gasteiger partial charge in [0.05, 0.1) is 11.3 Å². The zero-order valence-electron chi connectivity index (χ0n) is 10.8. The minimum atomic E-state index is -2.59. The largest absolute Gasteiger partial charge is 0.319 e. The molecule has 19 heavy (non-hydrogen) atoms. The van der Waals surface area contributed by atoms with Crippen LogP contribution in [0.1, 0.15) is 33.1 Å². The Morgan fingerprint density at radius 1 is 1.37 bits per heavy atom. The maximum absolute atomic E-state index is 12.7. The van der Waals surface area contributed by atoms with E-state index >= 15 is 0 Å². The maximum Gasteiger partial charge on any atom is 0.319 e. The lowest BCUT2D eigenvalue weighted by Crippen LogP contribution is -2.24. The van der Waals surface area contributed by atoms with Gasteiger partial charge in [-0.1, -0.05) is 11.8 Å². The molecule has 0 bridgehead atoms. The lowest BCUT2D eigenvalue weighted by Gasteiger charge is -2.19. The monoisotopic (exact) mass is 288 g/mol. The van der Waals surface area contributed by atoms with Crippen molar-refractivity contribution in [1.29, 1.82) is 0 Å². The van der Waals surface area contributed by atoms with E-state index in [4.69, 9.17) is 0 Å². The summed E-state index contributed by atoms with van der Waals surface area (Å²) < 4.78 is 27.8. The van der Waals surface area contributed by atoms with E-state index in [0.29, 0.717) is 11.0 Å². The van der Waals surface area contributed by atoms with Crippen LogP contribution in [0.2, 0.25) is 0 Å². The molecule has 0 aromatic carbocycles. The molecular formula is C10H14F2N6S. The highest BCUT2D eigenvalue weighted by atomic mass is 32.2. The molecular weight excluding hydrogens is 274 g/mol. The molecule has 0 aliphatic heterocycles. The molecule has 9 heteroatoms. The van der Waals surface area contributed by atoms with Crippen LogP contribution in [-0.4, -0.2) is 29.8 Å². The van der Waals surface area contributed by atoms with Crippen LogP contribution in [-0.2, 0) is 11.3 Å². The first-order valence-electron chi connectivity index (χ1n) is 5.61. The Balaban J connectivity index is 2.11. The molecule has 0 fully saturated rings. The fraction of sp³-hybridized carbons (Fsp3) is 0.600. The third-order valence-corrected chi connectivity index (χ3v) is 3.28. The number of hydrogen-bond donors (Lipinski definition) is 0. The highest BCUT2D eigenvalue weighted by Crippen LogP contribution is 2.25. The van der Waals surface area contributed by atoms with Crippen molar-refractivity contribution < 1.29 is 8.78 Å². The van der Waals surface area contributed by atoms with Crippen molar-refractivity contribution in [1.82, 2.24) is 29.8 Å². The number of imidazole rings is 1. The summed E-state index contributed by atoms with van der Waals surface area (Å²) in [5.74, 6) is 0.580. The smallest absolute Gasteiger partial charge is 0.277 e. The Kier molecular flexibility index (Phi) is 3.83. The third-order valence-electron chi connectivity index (χ3n) is 2.37. The van der Waals surface area contributed by atoms with Gasteiger partial charge in [0.2, 0.25) is 5.16 Å². The molecule has 0 saturated heterocycles. The third kappa shape index (κ3) is 3.09. The van der Waals surface area contributed by atoms with Gasteiger partial charge < -0.3 is 0 Å². The zero-order chi connectivity index (χ0) is 14.0. The number of thioether (sulfide) groups is 1. The van der Waals surface area contributed by atoms with Gasteiger partial charge in [0.25, 0.3) is 0 Å². The van der Waals surface area contributed by atoms with Crippen molar-refractivity contribution >= 4 is 11.8 Å². The lowest BCUT2D eigenvalue weighted by molar-refractivity contribution is 0.0678. The Hall–Kier alpha value is -1.51. The van der Waals surface area contributed by atoms with Crippen LogP contribution in [0.5, 0.6) is 0 Å². The van der Waals surface area contributed by atoms with Crippen LogP contribution in [0.15, 0.2) is 17.6 Å². The molecule has 0 unspecified atom stereocenters. The fourth-order valence-corrected chi connectivity index (χ4v) is 2.46. The van der Waals surface area contributed by atoms with Crippen LogP contribution >= 0.6 is 11.8 Å². The average Bonchev–Trinajstić information content (AvgIpc) is 2.94. The number of tetrazole rings is 1. The predicted octanol–water partition coefficient (Wildman–Crippen LogP) is 2.31. The number of halogens is 2. The van der Waals surface area contributed by atoms with Gasteiger partial charge in [-0.2, -0.15) is 8.78 Å². The van der Waals surface area contributed by atoms with Crippen molar-refractivity contribution in [2.45, 2.75) is 43.8 Å². The Labute approximate surface area is 113 Å². The number of nitrogens with zero attached hydrogens (tertiary/aromatic N) is 6. The quantitative estimate of drug-likeness (QED) is 0.808. The van der Waals surface area contributed by atoms with Crippen LogP contribution in [0.4, 0.5) is 8.78 Å². The second kappa shape index (κ2) is 5.24. The highest BCUT2D eigenvalue weighted by molar-refractivity contribution is 7.98. The van der Waals surface area contributed by atoms with E-state index < -0.39 is 6.55 Å². The summed E-state index contributed by atoms with van der Waals surface area (Å²) >= 11 is 1.28. The normalized spacial score (nSPS) is 12.3. The van der Waals surface area contributed by atoms with Crippen molar-refractivity contribution in [3.63, 3.8) is 0 Å². The van der Waals surface area contributed by atoms with Crippen LogP contribution in [0, 0.1) is 0 Å². The van der Waals surface area contributed by atoms with Crippen LogP contribution in [0.3, 0.4) is 0 Å². The van der Waals surface area contributed by atoms with Crippen LogP contribution < -0.4 is 0 Å². The summed E-state index contributed by atoms with van der Waals surface area (Å²) in [6, 6.07) is 0. The lowest BCUT2D eigenvalue weighted by atomic mass is 10.1. The second-order valence-electron chi connectivity index (χ2n) is 4.86. The van der Waals surface area contributed by atoms with Gasteiger partial charge in [0.15, 0.2) is 0 Å². The molecule has 2 rings (SSSR count). The Bertz CT molecular complexity index is 544. The zero-order valence-corrected chi connectivity index (χ0v) is 11.6. The molecule has 0 saturated carbocycles.